The molecular weight excluding hydrogens is 324 g/mol. The van der Waals surface area contributed by atoms with E-state index in [0.717, 1.165) is 16.8 Å². The van der Waals surface area contributed by atoms with E-state index in [-0.39, 0.29) is 12.5 Å². The van der Waals surface area contributed by atoms with E-state index in [1.165, 1.54) is 7.11 Å². The summed E-state index contributed by atoms with van der Waals surface area (Å²) >= 11 is 0. The Morgan fingerprint density at radius 3 is 2.84 bits per heavy atom. The number of rotatable bonds is 5. The number of amides is 3. The first-order valence-electron chi connectivity index (χ1n) is 8.25. The van der Waals surface area contributed by atoms with Crippen LogP contribution in [0.1, 0.15) is 24.5 Å². The third-order valence-electron chi connectivity index (χ3n) is 3.99. The SMILES string of the molecule is CCN1Cc2cc(CNC(=O)NCC(=O)OC)ccc2NCCC1=O. The Hall–Kier alpha value is -2.77. The molecule has 0 spiro atoms. The Morgan fingerprint density at radius 2 is 2.12 bits per heavy atom. The van der Waals surface area contributed by atoms with Gasteiger partial charge in [-0.2, -0.15) is 0 Å². The molecule has 8 heteroatoms. The van der Waals surface area contributed by atoms with Gasteiger partial charge in [-0.15, -0.1) is 0 Å². The highest BCUT2D eigenvalue weighted by Gasteiger charge is 2.17. The van der Waals surface area contributed by atoms with Crippen LogP contribution in [0.5, 0.6) is 0 Å². The maximum atomic E-state index is 12.0. The van der Waals surface area contributed by atoms with Crippen molar-refractivity contribution in [2.75, 3.05) is 32.1 Å². The van der Waals surface area contributed by atoms with E-state index < -0.39 is 12.0 Å². The monoisotopic (exact) mass is 348 g/mol. The van der Waals surface area contributed by atoms with Gasteiger partial charge in [-0.25, -0.2) is 4.79 Å². The summed E-state index contributed by atoms with van der Waals surface area (Å²) in [6.45, 7) is 3.92. The fourth-order valence-corrected chi connectivity index (χ4v) is 2.57. The van der Waals surface area contributed by atoms with Crippen molar-refractivity contribution in [1.82, 2.24) is 15.5 Å². The maximum Gasteiger partial charge on any atom is 0.325 e. The van der Waals surface area contributed by atoms with Gasteiger partial charge < -0.3 is 25.6 Å². The first-order chi connectivity index (χ1) is 12.0. The number of benzene rings is 1. The molecule has 0 unspecified atom stereocenters. The number of ether oxygens (including phenoxy) is 1. The van der Waals surface area contributed by atoms with E-state index >= 15 is 0 Å². The molecule has 1 aromatic carbocycles. The summed E-state index contributed by atoms with van der Waals surface area (Å²) in [6.07, 6.45) is 0.483. The zero-order valence-electron chi connectivity index (χ0n) is 14.6. The van der Waals surface area contributed by atoms with Gasteiger partial charge in [0.15, 0.2) is 0 Å². The third-order valence-corrected chi connectivity index (χ3v) is 3.99. The van der Waals surface area contributed by atoms with Gasteiger partial charge in [-0.3, -0.25) is 9.59 Å². The van der Waals surface area contributed by atoms with Crippen LogP contribution in [0.2, 0.25) is 0 Å². The number of nitrogens with one attached hydrogen (secondary N) is 3. The predicted molar refractivity (Wildman–Crippen MR) is 92.9 cm³/mol. The van der Waals surface area contributed by atoms with Gasteiger partial charge in [0, 0.05) is 38.3 Å². The maximum absolute atomic E-state index is 12.0. The molecule has 2 rings (SSSR count). The van der Waals surface area contributed by atoms with Crippen LogP contribution in [0.4, 0.5) is 10.5 Å². The van der Waals surface area contributed by atoms with Crippen molar-refractivity contribution < 1.29 is 19.1 Å². The van der Waals surface area contributed by atoms with Gasteiger partial charge in [-0.1, -0.05) is 12.1 Å². The number of carbonyl (C=O) groups is 3. The fraction of sp³-hybridized carbons (Fsp3) is 0.471. The zero-order chi connectivity index (χ0) is 18.2. The van der Waals surface area contributed by atoms with Crippen LogP contribution in [0, 0.1) is 0 Å². The topological polar surface area (TPSA) is 99.8 Å². The molecule has 3 N–H and O–H groups in total. The molecule has 0 atom stereocenters. The van der Waals surface area contributed by atoms with Crippen molar-refractivity contribution in [1.29, 1.82) is 0 Å². The van der Waals surface area contributed by atoms with E-state index in [9.17, 15) is 14.4 Å². The summed E-state index contributed by atoms with van der Waals surface area (Å²) in [5.41, 5.74) is 2.94. The van der Waals surface area contributed by atoms with Crippen molar-refractivity contribution in [2.45, 2.75) is 26.4 Å². The number of carbonyl (C=O) groups excluding carboxylic acids is 3. The molecule has 25 heavy (non-hydrogen) atoms. The Labute approximate surface area is 146 Å². The van der Waals surface area contributed by atoms with Gasteiger partial charge in [0.2, 0.25) is 5.91 Å². The largest absolute Gasteiger partial charge is 0.468 e. The minimum absolute atomic E-state index is 0.131. The Balaban J connectivity index is 1.98. The van der Waals surface area contributed by atoms with Crippen molar-refractivity contribution >= 4 is 23.6 Å². The van der Waals surface area contributed by atoms with Crippen LogP contribution < -0.4 is 16.0 Å². The van der Waals surface area contributed by atoms with Gasteiger partial charge in [0.25, 0.3) is 0 Å². The normalized spacial score (nSPS) is 13.8. The van der Waals surface area contributed by atoms with E-state index in [4.69, 9.17) is 0 Å². The molecule has 0 saturated carbocycles. The first kappa shape index (κ1) is 18.6. The Kier molecular flexibility index (Phi) is 6.62. The predicted octanol–water partition coefficient (Wildman–Crippen LogP) is 0.823. The van der Waals surface area contributed by atoms with Crippen molar-refractivity contribution in [3.8, 4) is 0 Å². The molecule has 8 nitrogen and oxygen atoms in total. The van der Waals surface area contributed by atoms with Crippen LogP contribution in [0.3, 0.4) is 0 Å². The van der Waals surface area contributed by atoms with Crippen LogP contribution in [-0.4, -0.2) is 49.6 Å². The molecule has 3 amide bonds. The zero-order valence-corrected chi connectivity index (χ0v) is 14.6. The molecule has 0 saturated heterocycles. The summed E-state index contributed by atoms with van der Waals surface area (Å²) in [7, 11) is 1.26. The summed E-state index contributed by atoms with van der Waals surface area (Å²) in [5.74, 6) is -0.377. The Morgan fingerprint density at radius 1 is 1.32 bits per heavy atom. The van der Waals surface area contributed by atoms with Gasteiger partial charge in [0.1, 0.15) is 6.54 Å². The molecule has 0 aliphatic carbocycles. The number of hydrogen-bond acceptors (Lipinski definition) is 5. The summed E-state index contributed by atoms with van der Waals surface area (Å²) in [6, 6.07) is 5.42. The lowest BCUT2D eigenvalue weighted by atomic mass is 10.1. The van der Waals surface area contributed by atoms with Crippen molar-refractivity contribution in [2.24, 2.45) is 0 Å². The second-order valence-corrected chi connectivity index (χ2v) is 5.69. The highest BCUT2D eigenvalue weighted by Crippen LogP contribution is 2.22. The molecule has 136 valence electrons. The number of anilines is 1. The Bertz CT molecular complexity index is 648. The molecule has 0 bridgehead atoms. The molecule has 1 aliphatic rings. The number of urea groups is 1. The van der Waals surface area contributed by atoms with E-state index in [1.807, 2.05) is 30.0 Å². The highest BCUT2D eigenvalue weighted by molar-refractivity contribution is 5.80. The van der Waals surface area contributed by atoms with Crippen molar-refractivity contribution in [3.05, 3.63) is 29.3 Å². The third kappa shape index (κ3) is 5.37. The molecule has 0 fully saturated rings. The van der Waals surface area contributed by atoms with Gasteiger partial charge in [-0.05, 0) is 24.1 Å². The second-order valence-electron chi connectivity index (χ2n) is 5.69. The molecule has 1 aromatic rings. The molecule has 0 radical (unpaired) electrons. The van der Waals surface area contributed by atoms with Crippen LogP contribution >= 0.6 is 0 Å². The van der Waals surface area contributed by atoms with E-state index in [1.54, 1.807) is 0 Å². The second kappa shape index (κ2) is 8.91. The lowest BCUT2D eigenvalue weighted by Crippen LogP contribution is -2.38. The average Bonchev–Trinajstić information content (AvgIpc) is 2.61. The standard InChI is InChI=1S/C17H24N4O4/c1-3-21-11-13-8-12(4-5-14(13)18-7-6-15(21)22)9-19-17(24)20-10-16(23)25-2/h4-5,8,18H,3,6-7,9-11H2,1-2H3,(H2,19,20,24). The molecule has 0 aromatic heterocycles. The molecule has 1 aliphatic heterocycles. The summed E-state index contributed by atoms with van der Waals surface area (Å²) in [5, 5.41) is 8.38. The summed E-state index contributed by atoms with van der Waals surface area (Å²) in [4.78, 5) is 36.5. The fourth-order valence-electron chi connectivity index (χ4n) is 2.57. The lowest BCUT2D eigenvalue weighted by Gasteiger charge is -2.26. The van der Waals surface area contributed by atoms with Gasteiger partial charge in [0.05, 0.1) is 7.11 Å². The van der Waals surface area contributed by atoms with Crippen LogP contribution in [-0.2, 0) is 27.4 Å². The van der Waals surface area contributed by atoms with E-state index in [0.29, 0.717) is 32.6 Å². The highest BCUT2D eigenvalue weighted by atomic mass is 16.5. The van der Waals surface area contributed by atoms with E-state index in [2.05, 4.69) is 20.7 Å². The van der Waals surface area contributed by atoms with Crippen molar-refractivity contribution in [3.63, 3.8) is 0 Å². The van der Waals surface area contributed by atoms with Crippen LogP contribution in [0.25, 0.3) is 0 Å². The summed E-state index contributed by atoms with van der Waals surface area (Å²) < 4.78 is 4.46. The number of hydrogen-bond donors (Lipinski definition) is 3. The number of nitrogens with zero attached hydrogens (tertiary/aromatic N) is 1. The minimum Gasteiger partial charge on any atom is -0.468 e. The van der Waals surface area contributed by atoms with Gasteiger partial charge >= 0.3 is 12.0 Å². The lowest BCUT2D eigenvalue weighted by molar-refractivity contribution is -0.139. The van der Waals surface area contributed by atoms with Crippen LogP contribution in [0.15, 0.2) is 18.2 Å². The minimum atomic E-state index is -0.508. The average molecular weight is 348 g/mol. The quantitative estimate of drug-likeness (QED) is 0.684. The molecule has 1 heterocycles. The number of esters is 1. The number of methoxy groups -OCH3 is 1. The first-order valence-corrected chi connectivity index (χ1v) is 8.25. The molecular formula is C17H24N4O4. The smallest absolute Gasteiger partial charge is 0.325 e. The number of fused-ring (bicyclic) bond motifs is 1.